The van der Waals surface area contributed by atoms with Crippen LogP contribution in [0.1, 0.15) is 28.6 Å². The van der Waals surface area contributed by atoms with Gasteiger partial charge in [-0.2, -0.15) is 10.5 Å². The summed E-state index contributed by atoms with van der Waals surface area (Å²) in [6, 6.07) is 14.6. The number of carbonyl (C=O) groups is 2. The molecular formula is C21H12BrN3O4. The van der Waals surface area contributed by atoms with Gasteiger partial charge >= 0.3 is 0 Å². The van der Waals surface area contributed by atoms with Crippen LogP contribution in [0.2, 0.25) is 0 Å². The molecule has 0 saturated carbocycles. The molecule has 0 aliphatic heterocycles. The second-order valence-corrected chi connectivity index (χ2v) is 6.91. The van der Waals surface area contributed by atoms with Crippen molar-refractivity contribution in [3.63, 3.8) is 0 Å². The molecule has 0 aliphatic rings. The molecule has 0 spiro atoms. The number of amides is 1. The molecule has 7 nitrogen and oxygen atoms in total. The number of carbonyl (C=O) groups excluding carboxylic acids is 2. The zero-order valence-electron chi connectivity index (χ0n) is 15.0. The van der Waals surface area contributed by atoms with Crippen molar-refractivity contribution in [2.75, 3.05) is 5.32 Å². The number of allylic oxidation sites excluding steroid dienone is 1. The van der Waals surface area contributed by atoms with Gasteiger partial charge in [-0.3, -0.25) is 9.59 Å². The molecule has 0 saturated heterocycles. The first-order chi connectivity index (χ1) is 13.8. The van der Waals surface area contributed by atoms with Gasteiger partial charge in [0, 0.05) is 15.4 Å². The van der Waals surface area contributed by atoms with Crippen LogP contribution in [-0.2, 0) is 4.79 Å². The van der Waals surface area contributed by atoms with Crippen molar-refractivity contribution in [1.82, 2.24) is 0 Å². The van der Waals surface area contributed by atoms with Crippen molar-refractivity contribution >= 4 is 44.3 Å². The summed E-state index contributed by atoms with van der Waals surface area (Å²) in [7, 11) is 0. The minimum Gasteiger partial charge on any atom is -0.511 e. The first kappa shape index (κ1) is 19.9. The number of nitrogens with one attached hydrogen (secondary N) is 1. The van der Waals surface area contributed by atoms with Crippen molar-refractivity contribution in [1.29, 1.82) is 10.5 Å². The molecule has 3 aromatic rings. The number of aliphatic hydroxyl groups excluding tert-OH is 1. The summed E-state index contributed by atoms with van der Waals surface area (Å²) in [5, 5.41) is 30.5. The highest BCUT2D eigenvalue weighted by atomic mass is 79.9. The molecule has 0 unspecified atom stereocenters. The molecule has 2 aromatic carbocycles. The highest BCUT2D eigenvalue weighted by molar-refractivity contribution is 9.10. The molecular weight excluding hydrogens is 438 g/mol. The van der Waals surface area contributed by atoms with Gasteiger partial charge < -0.3 is 14.8 Å². The van der Waals surface area contributed by atoms with E-state index in [1.165, 1.54) is 31.2 Å². The Kier molecular flexibility index (Phi) is 5.49. The number of furan rings is 1. The first-order valence-electron chi connectivity index (χ1n) is 8.24. The van der Waals surface area contributed by atoms with E-state index in [-0.39, 0.29) is 17.0 Å². The lowest BCUT2D eigenvalue weighted by Gasteiger charge is -2.06. The Labute approximate surface area is 173 Å². The van der Waals surface area contributed by atoms with Crippen LogP contribution in [0.25, 0.3) is 11.0 Å². The number of benzene rings is 2. The van der Waals surface area contributed by atoms with E-state index in [4.69, 9.17) is 14.9 Å². The summed E-state index contributed by atoms with van der Waals surface area (Å²) in [6.45, 7) is 1.21. The lowest BCUT2D eigenvalue weighted by atomic mass is 10.1. The van der Waals surface area contributed by atoms with Gasteiger partial charge in [0.15, 0.2) is 11.3 Å². The topological polar surface area (TPSA) is 127 Å². The number of rotatable bonds is 4. The van der Waals surface area contributed by atoms with Crippen LogP contribution in [-0.4, -0.2) is 16.8 Å². The van der Waals surface area contributed by atoms with Crippen LogP contribution in [0.4, 0.5) is 5.69 Å². The summed E-state index contributed by atoms with van der Waals surface area (Å²) in [6.07, 6.45) is 0. The SMILES string of the molecule is C/C(O)=C(\C#N)C(=O)Nc1c(C(=O)c2ccc(C#N)cc2)oc2ccc(Br)cc12. The zero-order chi connectivity index (χ0) is 21.1. The highest BCUT2D eigenvalue weighted by Crippen LogP contribution is 2.34. The Morgan fingerprint density at radius 3 is 2.41 bits per heavy atom. The maximum absolute atomic E-state index is 13.0. The van der Waals surface area contributed by atoms with E-state index in [0.29, 0.717) is 21.0 Å². The lowest BCUT2D eigenvalue weighted by molar-refractivity contribution is -0.112. The van der Waals surface area contributed by atoms with Gasteiger partial charge in [-0.05, 0) is 49.4 Å². The Bertz CT molecular complexity index is 1250. The molecule has 0 fully saturated rings. The van der Waals surface area contributed by atoms with Gasteiger partial charge in [-0.1, -0.05) is 15.9 Å². The number of hydrogen-bond acceptors (Lipinski definition) is 6. The average Bonchev–Trinajstić information content (AvgIpc) is 3.05. The van der Waals surface area contributed by atoms with Crippen LogP contribution in [0.3, 0.4) is 0 Å². The van der Waals surface area contributed by atoms with Gasteiger partial charge in [-0.15, -0.1) is 0 Å². The van der Waals surface area contributed by atoms with E-state index < -0.39 is 23.0 Å². The van der Waals surface area contributed by atoms with E-state index in [1.54, 1.807) is 24.3 Å². The summed E-state index contributed by atoms with van der Waals surface area (Å²) in [5.74, 6) is -1.97. The third-order valence-electron chi connectivity index (χ3n) is 4.07. The number of nitrogens with zero attached hydrogens (tertiary/aromatic N) is 2. The number of halogens is 1. The van der Waals surface area contributed by atoms with Crippen LogP contribution < -0.4 is 5.32 Å². The average molecular weight is 450 g/mol. The standard InChI is InChI=1S/C21H12BrN3O4/c1-11(26)16(10-24)21(28)25-18-15-8-14(22)6-7-17(15)29-20(18)19(27)13-4-2-12(9-23)3-5-13/h2-8,26H,1H3,(H,25,28)/b16-11-. The van der Waals surface area contributed by atoms with Crippen LogP contribution in [0.5, 0.6) is 0 Å². The monoisotopic (exact) mass is 449 g/mol. The highest BCUT2D eigenvalue weighted by Gasteiger charge is 2.25. The largest absolute Gasteiger partial charge is 0.511 e. The molecule has 0 radical (unpaired) electrons. The summed E-state index contributed by atoms with van der Waals surface area (Å²) in [4.78, 5) is 25.5. The second kappa shape index (κ2) is 8.01. The van der Waals surface area contributed by atoms with Gasteiger partial charge in [0.1, 0.15) is 17.4 Å². The number of ketones is 1. The molecule has 0 aliphatic carbocycles. The number of aliphatic hydroxyl groups is 1. The Balaban J connectivity index is 2.14. The maximum atomic E-state index is 13.0. The molecule has 2 N–H and O–H groups in total. The van der Waals surface area contributed by atoms with Gasteiger partial charge in [0.25, 0.3) is 5.91 Å². The fraction of sp³-hybridized carbons (Fsp3) is 0.0476. The van der Waals surface area contributed by atoms with Crippen LogP contribution in [0.15, 0.2) is 62.7 Å². The van der Waals surface area contributed by atoms with E-state index >= 15 is 0 Å². The van der Waals surface area contributed by atoms with Crippen molar-refractivity contribution in [3.8, 4) is 12.1 Å². The van der Waals surface area contributed by atoms with E-state index in [2.05, 4.69) is 21.2 Å². The second-order valence-electron chi connectivity index (χ2n) is 5.99. The van der Waals surface area contributed by atoms with Gasteiger partial charge in [0.05, 0.1) is 17.3 Å². The molecule has 8 heteroatoms. The van der Waals surface area contributed by atoms with Crippen molar-refractivity contribution in [2.24, 2.45) is 0 Å². The van der Waals surface area contributed by atoms with Crippen molar-refractivity contribution < 1.29 is 19.1 Å². The van der Waals surface area contributed by atoms with Crippen LogP contribution >= 0.6 is 15.9 Å². The third kappa shape index (κ3) is 3.88. The summed E-state index contributed by atoms with van der Waals surface area (Å²) in [5.41, 5.74) is 0.599. The summed E-state index contributed by atoms with van der Waals surface area (Å²) < 4.78 is 6.38. The molecule has 1 aromatic heterocycles. The van der Waals surface area contributed by atoms with E-state index in [0.717, 1.165) is 0 Å². The number of nitriles is 2. The smallest absolute Gasteiger partial charge is 0.269 e. The van der Waals surface area contributed by atoms with E-state index in [9.17, 15) is 14.7 Å². The normalized spacial score (nSPS) is 11.3. The quantitative estimate of drug-likeness (QED) is 0.259. The Hall–Kier alpha value is -3.88. The van der Waals surface area contributed by atoms with Crippen LogP contribution in [0, 0.1) is 22.7 Å². The fourth-order valence-corrected chi connectivity index (χ4v) is 3.01. The molecule has 142 valence electrons. The predicted octanol–water partition coefficient (Wildman–Crippen LogP) is 4.59. The summed E-state index contributed by atoms with van der Waals surface area (Å²) >= 11 is 3.33. The number of anilines is 1. The lowest BCUT2D eigenvalue weighted by Crippen LogP contribution is -2.16. The molecule has 1 amide bonds. The molecule has 29 heavy (non-hydrogen) atoms. The Morgan fingerprint density at radius 2 is 1.83 bits per heavy atom. The third-order valence-corrected chi connectivity index (χ3v) is 4.56. The van der Waals surface area contributed by atoms with Gasteiger partial charge in [0.2, 0.25) is 5.78 Å². The maximum Gasteiger partial charge on any atom is 0.269 e. The number of hydrogen-bond donors (Lipinski definition) is 2. The minimum atomic E-state index is -0.871. The molecule has 1 heterocycles. The van der Waals surface area contributed by atoms with E-state index in [1.807, 2.05) is 6.07 Å². The number of fused-ring (bicyclic) bond motifs is 1. The molecule has 3 rings (SSSR count). The van der Waals surface area contributed by atoms with Gasteiger partial charge in [-0.25, -0.2) is 0 Å². The zero-order valence-corrected chi connectivity index (χ0v) is 16.6. The molecule has 0 atom stereocenters. The Morgan fingerprint density at radius 1 is 1.14 bits per heavy atom. The minimum absolute atomic E-state index is 0.0784. The van der Waals surface area contributed by atoms with Crippen molar-refractivity contribution in [2.45, 2.75) is 6.92 Å². The predicted molar refractivity (Wildman–Crippen MR) is 108 cm³/mol. The van der Waals surface area contributed by atoms with Crippen molar-refractivity contribution in [3.05, 3.63) is 75.2 Å². The fourth-order valence-electron chi connectivity index (χ4n) is 2.65. The first-order valence-corrected chi connectivity index (χ1v) is 9.03. The molecule has 0 bridgehead atoms.